The second kappa shape index (κ2) is 6.02. The largest absolute Gasteiger partial charge is 0.481 e. The maximum atomic E-state index is 12.1. The van der Waals surface area contributed by atoms with Gasteiger partial charge < -0.3 is 15.3 Å². The number of nitrogens with one attached hydrogen (secondary N) is 1. The van der Waals surface area contributed by atoms with Gasteiger partial charge in [-0.25, -0.2) is 4.79 Å². The van der Waals surface area contributed by atoms with E-state index in [4.69, 9.17) is 5.11 Å². The van der Waals surface area contributed by atoms with Crippen LogP contribution in [-0.2, 0) is 4.79 Å². The van der Waals surface area contributed by atoms with Crippen LogP contribution in [0.4, 0.5) is 4.79 Å². The van der Waals surface area contributed by atoms with Gasteiger partial charge in [0.05, 0.1) is 5.41 Å². The molecule has 0 saturated heterocycles. The molecule has 0 radical (unpaired) electrons. The lowest BCUT2D eigenvalue weighted by atomic mass is 9.75. The van der Waals surface area contributed by atoms with Gasteiger partial charge in [0.2, 0.25) is 0 Å². The predicted molar refractivity (Wildman–Crippen MR) is 78.6 cm³/mol. The highest BCUT2D eigenvalue weighted by Crippen LogP contribution is 2.36. The number of carbonyl (C=O) groups excluding carboxylic acids is 1. The zero-order valence-corrected chi connectivity index (χ0v) is 13.3. The standard InChI is InChI=1S/C15H28N2O3/c1-14(2)8-6-11(7-9-14)17(5)13(20)16-10-15(3,4)12(18)19/h11H,6-10H2,1-5H3,(H,16,20)(H,18,19). The monoisotopic (exact) mass is 284 g/mol. The molecule has 1 saturated carbocycles. The molecule has 116 valence electrons. The Morgan fingerprint density at radius 3 is 2.25 bits per heavy atom. The second-order valence-electron chi connectivity index (χ2n) is 7.35. The summed E-state index contributed by atoms with van der Waals surface area (Å²) in [6.07, 6.45) is 4.27. The Labute approximate surface area is 121 Å². The smallest absolute Gasteiger partial charge is 0.317 e. The number of urea groups is 1. The molecule has 2 N–H and O–H groups in total. The molecule has 1 rings (SSSR count). The molecule has 0 aromatic heterocycles. The van der Waals surface area contributed by atoms with E-state index in [1.54, 1.807) is 25.8 Å². The molecule has 0 heterocycles. The second-order valence-corrected chi connectivity index (χ2v) is 7.35. The zero-order chi connectivity index (χ0) is 15.6. The SMILES string of the molecule is CN(C(=O)NCC(C)(C)C(=O)O)C1CCC(C)(C)CC1. The van der Waals surface area contributed by atoms with E-state index in [1.165, 1.54) is 0 Å². The lowest BCUT2D eigenvalue weighted by molar-refractivity contribution is -0.146. The van der Waals surface area contributed by atoms with Crippen LogP contribution >= 0.6 is 0 Å². The fourth-order valence-corrected chi connectivity index (χ4v) is 2.43. The minimum atomic E-state index is -0.939. The summed E-state index contributed by atoms with van der Waals surface area (Å²) >= 11 is 0. The van der Waals surface area contributed by atoms with Crippen LogP contribution in [0.15, 0.2) is 0 Å². The van der Waals surface area contributed by atoms with Gasteiger partial charge in [0, 0.05) is 19.6 Å². The molecule has 1 aliphatic carbocycles. The minimum Gasteiger partial charge on any atom is -0.481 e. The van der Waals surface area contributed by atoms with Crippen molar-refractivity contribution in [1.29, 1.82) is 0 Å². The molecule has 5 nitrogen and oxygen atoms in total. The number of carboxylic acid groups (broad SMARTS) is 1. The molecular formula is C15H28N2O3. The maximum absolute atomic E-state index is 12.1. The van der Waals surface area contributed by atoms with E-state index in [0.29, 0.717) is 5.41 Å². The highest BCUT2D eigenvalue weighted by molar-refractivity contribution is 5.77. The first-order chi connectivity index (χ1) is 9.05. The molecule has 0 aromatic rings. The van der Waals surface area contributed by atoms with Crippen molar-refractivity contribution >= 4 is 12.0 Å². The molecule has 1 aliphatic rings. The van der Waals surface area contributed by atoms with Crippen molar-refractivity contribution in [2.24, 2.45) is 10.8 Å². The predicted octanol–water partition coefficient (Wildman–Crippen LogP) is 2.71. The van der Waals surface area contributed by atoms with Gasteiger partial charge in [-0.05, 0) is 44.9 Å². The Kier molecular flexibility index (Phi) is 5.05. The van der Waals surface area contributed by atoms with Crippen LogP contribution in [0.1, 0.15) is 53.4 Å². The van der Waals surface area contributed by atoms with Crippen molar-refractivity contribution in [1.82, 2.24) is 10.2 Å². The van der Waals surface area contributed by atoms with Crippen molar-refractivity contribution in [3.8, 4) is 0 Å². The van der Waals surface area contributed by atoms with Gasteiger partial charge >= 0.3 is 12.0 Å². The van der Waals surface area contributed by atoms with Crippen molar-refractivity contribution in [2.45, 2.75) is 59.4 Å². The van der Waals surface area contributed by atoms with Crippen LogP contribution < -0.4 is 5.32 Å². The summed E-state index contributed by atoms with van der Waals surface area (Å²) < 4.78 is 0. The Balaban J connectivity index is 2.46. The summed E-state index contributed by atoms with van der Waals surface area (Å²) in [5.74, 6) is -0.903. The summed E-state index contributed by atoms with van der Waals surface area (Å²) in [6.45, 7) is 7.89. The van der Waals surface area contributed by atoms with Crippen LogP contribution in [0, 0.1) is 10.8 Å². The third-order valence-electron chi connectivity index (χ3n) is 4.44. The van der Waals surface area contributed by atoms with E-state index in [0.717, 1.165) is 25.7 Å². The lowest BCUT2D eigenvalue weighted by Crippen LogP contribution is -2.48. The minimum absolute atomic E-state index is 0.143. The fraction of sp³-hybridized carbons (Fsp3) is 0.867. The third-order valence-corrected chi connectivity index (χ3v) is 4.44. The van der Waals surface area contributed by atoms with E-state index >= 15 is 0 Å². The van der Waals surface area contributed by atoms with Crippen LogP contribution in [0.5, 0.6) is 0 Å². The summed E-state index contributed by atoms with van der Waals surface area (Å²) in [5.41, 5.74) is -0.565. The van der Waals surface area contributed by atoms with Crippen molar-refractivity contribution in [2.75, 3.05) is 13.6 Å². The Morgan fingerprint density at radius 2 is 1.80 bits per heavy atom. The molecule has 2 amide bonds. The van der Waals surface area contributed by atoms with Crippen LogP contribution in [0.2, 0.25) is 0 Å². The molecular weight excluding hydrogens is 256 g/mol. The molecule has 0 aromatic carbocycles. The number of nitrogens with zero attached hydrogens (tertiary/aromatic N) is 1. The fourth-order valence-electron chi connectivity index (χ4n) is 2.43. The average molecular weight is 284 g/mol. The van der Waals surface area contributed by atoms with Gasteiger partial charge in [-0.2, -0.15) is 0 Å². The first kappa shape index (κ1) is 16.8. The van der Waals surface area contributed by atoms with E-state index in [-0.39, 0.29) is 18.6 Å². The number of aliphatic carboxylic acids is 1. The highest BCUT2D eigenvalue weighted by atomic mass is 16.4. The van der Waals surface area contributed by atoms with E-state index < -0.39 is 11.4 Å². The number of hydrogen-bond donors (Lipinski definition) is 2. The Bertz CT molecular complexity index is 367. The van der Waals surface area contributed by atoms with Gasteiger partial charge in [0.25, 0.3) is 0 Å². The van der Waals surface area contributed by atoms with Crippen LogP contribution in [0.25, 0.3) is 0 Å². The molecule has 0 spiro atoms. The van der Waals surface area contributed by atoms with Gasteiger partial charge in [-0.15, -0.1) is 0 Å². The zero-order valence-electron chi connectivity index (χ0n) is 13.3. The van der Waals surface area contributed by atoms with Gasteiger partial charge in [-0.3, -0.25) is 4.79 Å². The average Bonchev–Trinajstić information content (AvgIpc) is 2.35. The molecule has 0 unspecified atom stereocenters. The van der Waals surface area contributed by atoms with Gasteiger partial charge in [0.1, 0.15) is 0 Å². The van der Waals surface area contributed by atoms with Crippen LogP contribution in [0.3, 0.4) is 0 Å². The number of amides is 2. The molecule has 20 heavy (non-hydrogen) atoms. The number of hydrogen-bond acceptors (Lipinski definition) is 2. The molecule has 0 aliphatic heterocycles. The van der Waals surface area contributed by atoms with Crippen molar-refractivity contribution in [3.63, 3.8) is 0 Å². The van der Waals surface area contributed by atoms with Crippen LogP contribution in [-0.4, -0.2) is 41.6 Å². The quantitative estimate of drug-likeness (QED) is 0.834. The van der Waals surface area contributed by atoms with E-state index in [1.807, 2.05) is 0 Å². The van der Waals surface area contributed by atoms with Gasteiger partial charge in [-0.1, -0.05) is 13.8 Å². The van der Waals surface area contributed by atoms with Crippen molar-refractivity contribution < 1.29 is 14.7 Å². The number of carboxylic acids is 1. The molecule has 0 bridgehead atoms. The Morgan fingerprint density at radius 1 is 1.30 bits per heavy atom. The van der Waals surface area contributed by atoms with Gasteiger partial charge in [0.15, 0.2) is 0 Å². The summed E-state index contributed by atoms with van der Waals surface area (Å²) in [5, 5.41) is 11.8. The molecule has 1 fully saturated rings. The topological polar surface area (TPSA) is 69.6 Å². The first-order valence-electron chi connectivity index (χ1n) is 7.29. The summed E-state index contributed by atoms with van der Waals surface area (Å²) in [7, 11) is 1.80. The third kappa shape index (κ3) is 4.39. The number of rotatable bonds is 4. The van der Waals surface area contributed by atoms with E-state index in [2.05, 4.69) is 19.2 Å². The Hall–Kier alpha value is -1.26. The highest BCUT2D eigenvalue weighted by Gasteiger charge is 2.32. The maximum Gasteiger partial charge on any atom is 0.317 e. The van der Waals surface area contributed by atoms with E-state index in [9.17, 15) is 9.59 Å². The van der Waals surface area contributed by atoms with Crippen molar-refractivity contribution in [3.05, 3.63) is 0 Å². The molecule has 5 heteroatoms. The summed E-state index contributed by atoms with van der Waals surface area (Å²) in [4.78, 5) is 24.8. The summed E-state index contributed by atoms with van der Waals surface area (Å²) in [6, 6.07) is 0.0833. The number of carbonyl (C=O) groups is 2. The molecule has 0 atom stereocenters. The lowest BCUT2D eigenvalue weighted by Gasteiger charge is -2.38. The first-order valence-corrected chi connectivity index (χ1v) is 7.29. The normalized spacial score (nSPS) is 19.4.